The summed E-state index contributed by atoms with van der Waals surface area (Å²) in [4.78, 5) is 24.3. The highest BCUT2D eigenvalue weighted by Gasteiger charge is 2.22. The SMILES string of the molecule is CC(C)(C)c1cc(NC(=O)Nc2ccc(C3=Nc4nc5cc(OCCN6CCOCC6)ccc5n4C3)cc2)no1.Cl. The second kappa shape index (κ2) is 11.9. The molecule has 0 atom stereocenters. The number of ether oxygens (including phenoxy) is 2. The lowest BCUT2D eigenvalue weighted by Crippen LogP contribution is -2.38. The van der Waals surface area contributed by atoms with Gasteiger partial charge >= 0.3 is 6.03 Å². The molecule has 0 unspecified atom stereocenters. The van der Waals surface area contributed by atoms with Crippen molar-refractivity contribution < 1.29 is 18.8 Å². The van der Waals surface area contributed by atoms with Gasteiger partial charge in [0.2, 0.25) is 5.95 Å². The van der Waals surface area contributed by atoms with Gasteiger partial charge in [0.25, 0.3) is 0 Å². The van der Waals surface area contributed by atoms with Gasteiger partial charge < -0.3 is 23.9 Å². The van der Waals surface area contributed by atoms with Crippen molar-refractivity contribution in [3.8, 4) is 5.75 Å². The number of fused-ring (bicyclic) bond motifs is 3. The molecule has 6 rings (SSSR count). The summed E-state index contributed by atoms with van der Waals surface area (Å²) < 4.78 is 18.8. The summed E-state index contributed by atoms with van der Waals surface area (Å²) >= 11 is 0. The first kappa shape index (κ1) is 28.6. The molecular formula is C29H34ClN7O4. The third-order valence-electron chi connectivity index (χ3n) is 6.99. The first-order valence-corrected chi connectivity index (χ1v) is 13.5. The highest BCUT2D eigenvalue weighted by atomic mass is 35.5. The number of carbonyl (C=O) groups is 1. The molecule has 12 heteroatoms. The molecule has 0 aliphatic carbocycles. The molecule has 0 bridgehead atoms. The molecule has 1 saturated heterocycles. The van der Waals surface area contributed by atoms with Gasteiger partial charge in [-0.15, -0.1) is 12.4 Å². The number of halogens is 1. The van der Waals surface area contributed by atoms with Crippen molar-refractivity contribution in [1.29, 1.82) is 0 Å². The number of anilines is 2. The smallest absolute Gasteiger partial charge is 0.324 e. The van der Waals surface area contributed by atoms with Crippen molar-refractivity contribution >= 4 is 52.6 Å². The Balaban J connectivity index is 0.00000337. The van der Waals surface area contributed by atoms with E-state index in [-0.39, 0.29) is 17.8 Å². The third kappa shape index (κ3) is 6.53. The molecular weight excluding hydrogens is 546 g/mol. The molecule has 2 aromatic heterocycles. The largest absolute Gasteiger partial charge is 0.492 e. The minimum atomic E-state index is -0.393. The van der Waals surface area contributed by atoms with Crippen LogP contribution in [-0.4, -0.2) is 70.8 Å². The molecule has 41 heavy (non-hydrogen) atoms. The van der Waals surface area contributed by atoms with Crippen LogP contribution in [0.5, 0.6) is 5.75 Å². The highest BCUT2D eigenvalue weighted by Crippen LogP contribution is 2.30. The van der Waals surface area contributed by atoms with E-state index in [2.05, 4.69) is 25.3 Å². The summed E-state index contributed by atoms with van der Waals surface area (Å²) in [5.74, 6) is 2.56. The number of hydrogen-bond donors (Lipinski definition) is 2. The van der Waals surface area contributed by atoms with Crippen LogP contribution in [-0.2, 0) is 16.7 Å². The van der Waals surface area contributed by atoms with Gasteiger partial charge in [0.15, 0.2) is 5.82 Å². The quantitative estimate of drug-likeness (QED) is 0.307. The molecule has 0 spiro atoms. The number of amides is 2. The third-order valence-corrected chi connectivity index (χ3v) is 6.99. The number of carbonyl (C=O) groups excluding carboxylic acids is 1. The van der Waals surface area contributed by atoms with E-state index in [4.69, 9.17) is 24.0 Å². The Morgan fingerprint density at radius 3 is 2.56 bits per heavy atom. The Morgan fingerprint density at radius 2 is 1.83 bits per heavy atom. The zero-order chi connectivity index (χ0) is 27.7. The summed E-state index contributed by atoms with van der Waals surface area (Å²) in [5, 5.41) is 9.44. The molecule has 4 heterocycles. The first-order chi connectivity index (χ1) is 19.3. The van der Waals surface area contributed by atoms with E-state index in [0.717, 1.165) is 60.9 Å². The predicted octanol–water partition coefficient (Wildman–Crippen LogP) is 5.23. The predicted molar refractivity (Wildman–Crippen MR) is 160 cm³/mol. The van der Waals surface area contributed by atoms with Crippen LogP contribution < -0.4 is 15.4 Å². The number of aromatic nitrogens is 3. The molecule has 2 aliphatic heterocycles. The van der Waals surface area contributed by atoms with Crippen molar-refractivity contribution in [3.05, 3.63) is 59.9 Å². The van der Waals surface area contributed by atoms with Gasteiger partial charge in [0, 0.05) is 42.9 Å². The van der Waals surface area contributed by atoms with Crippen LogP contribution >= 0.6 is 12.4 Å². The highest BCUT2D eigenvalue weighted by molar-refractivity contribution is 6.05. The van der Waals surface area contributed by atoms with Crippen LogP contribution in [0, 0.1) is 0 Å². The summed E-state index contributed by atoms with van der Waals surface area (Å²) in [6.45, 7) is 11.7. The fourth-order valence-corrected chi connectivity index (χ4v) is 4.72. The van der Waals surface area contributed by atoms with Gasteiger partial charge in [-0.3, -0.25) is 10.2 Å². The fourth-order valence-electron chi connectivity index (χ4n) is 4.72. The van der Waals surface area contributed by atoms with Gasteiger partial charge in [-0.2, -0.15) is 0 Å². The second-order valence-electron chi connectivity index (χ2n) is 11.0. The number of morpholine rings is 1. The lowest BCUT2D eigenvalue weighted by atomic mass is 9.93. The van der Waals surface area contributed by atoms with E-state index in [1.807, 2.05) is 63.2 Å². The molecule has 2 aliphatic rings. The standard InChI is InChI=1S/C29H33N7O4.ClH/c1-29(2,3)25-17-26(34-40-25)33-28(37)30-20-6-4-19(5-7-20)23-18-36-24-9-8-21(16-22(24)31-27(36)32-23)39-15-12-35-10-13-38-14-11-35;/h4-9,16-17H,10-15,18H2,1-3H3,(H2,30,33,34,37);1H. The van der Waals surface area contributed by atoms with Gasteiger partial charge in [-0.1, -0.05) is 38.1 Å². The second-order valence-corrected chi connectivity index (χ2v) is 11.0. The lowest BCUT2D eigenvalue weighted by Gasteiger charge is -2.26. The minimum Gasteiger partial charge on any atom is -0.492 e. The van der Waals surface area contributed by atoms with E-state index in [0.29, 0.717) is 36.4 Å². The maximum atomic E-state index is 12.4. The number of hydrogen-bond acceptors (Lipinski definition) is 8. The van der Waals surface area contributed by atoms with Crippen molar-refractivity contribution in [3.63, 3.8) is 0 Å². The number of rotatable bonds is 7. The molecule has 2 amide bonds. The number of nitrogens with one attached hydrogen (secondary N) is 2. The number of benzene rings is 2. The average molecular weight is 580 g/mol. The van der Waals surface area contributed by atoms with Crippen LogP contribution in [0.15, 0.2) is 58.0 Å². The normalized spacial score (nSPS) is 15.2. The topological polar surface area (TPSA) is 119 Å². The molecule has 1 fully saturated rings. The van der Waals surface area contributed by atoms with Gasteiger partial charge in [-0.05, 0) is 29.8 Å². The van der Waals surface area contributed by atoms with Crippen LogP contribution in [0.25, 0.3) is 11.0 Å². The van der Waals surface area contributed by atoms with Crippen molar-refractivity contribution in [2.24, 2.45) is 4.99 Å². The van der Waals surface area contributed by atoms with Crippen LogP contribution in [0.1, 0.15) is 32.1 Å². The monoisotopic (exact) mass is 579 g/mol. The Labute approximate surface area is 244 Å². The lowest BCUT2D eigenvalue weighted by molar-refractivity contribution is 0.0322. The first-order valence-electron chi connectivity index (χ1n) is 13.5. The molecule has 0 saturated carbocycles. The van der Waals surface area contributed by atoms with E-state index in [1.165, 1.54) is 0 Å². The minimum absolute atomic E-state index is 0. The maximum absolute atomic E-state index is 12.4. The Hall–Kier alpha value is -3.93. The van der Waals surface area contributed by atoms with Crippen LogP contribution in [0.3, 0.4) is 0 Å². The van der Waals surface area contributed by atoms with E-state index < -0.39 is 6.03 Å². The fraction of sp³-hybridized carbons (Fsp3) is 0.379. The molecule has 4 aromatic rings. The molecule has 216 valence electrons. The number of nitrogens with zero attached hydrogens (tertiary/aromatic N) is 5. The Bertz CT molecular complexity index is 1550. The average Bonchev–Trinajstić information content (AvgIpc) is 3.64. The van der Waals surface area contributed by atoms with Crippen molar-refractivity contribution in [2.75, 3.05) is 50.1 Å². The van der Waals surface area contributed by atoms with Crippen LogP contribution in [0.2, 0.25) is 0 Å². The van der Waals surface area contributed by atoms with E-state index >= 15 is 0 Å². The number of imidazole rings is 1. The zero-order valence-electron chi connectivity index (χ0n) is 23.3. The summed E-state index contributed by atoms with van der Waals surface area (Å²) in [7, 11) is 0. The number of aliphatic imine (C=N–C) groups is 1. The number of urea groups is 1. The summed E-state index contributed by atoms with van der Waals surface area (Å²) in [5.41, 5.74) is 4.25. The zero-order valence-corrected chi connectivity index (χ0v) is 24.2. The Kier molecular flexibility index (Phi) is 8.30. The summed E-state index contributed by atoms with van der Waals surface area (Å²) in [6.07, 6.45) is 0. The molecule has 0 radical (unpaired) electrons. The molecule has 11 nitrogen and oxygen atoms in total. The summed E-state index contributed by atoms with van der Waals surface area (Å²) in [6, 6.07) is 14.9. The van der Waals surface area contributed by atoms with E-state index in [1.54, 1.807) is 6.07 Å². The van der Waals surface area contributed by atoms with Gasteiger partial charge in [0.1, 0.15) is 18.1 Å². The van der Waals surface area contributed by atoms with Gasteiger partial charge in [-0.25, -0.2) is 14.8 Å². The van der Waals surface area contributed by atoms with Gasteiger partial charge in [0.05, 0.1) is 36.5 Å². The molecule has 2 aromatic carbocycles. The Morgan fingerprint density at radius 1 is 1.05 bits per heavy atom. The van der Waals surface area contributed by atoms with Crippen molar-refractivity contribution in [1.82, 2.24) is 19.6 Å². The van der Waals surface area contributed by atoms with Crippen LogP contribution in [0.4, 0.5) is 22.2 Å². The van der Waals surface area contributed by atoms with E-state index in [9.17, 15) is 4.79 Å². The molecule has 2 N–H and O–H groups in total. The van der Waals surface area contributed by atoms with Crippen molar-refractivity contribution in [2.45, 2.75) is 32.7 Å². The maximum Gasteiger partial charge on any atom is 0.324 e.